The van der Waals surface area contributed by atoms with Crippen molar-refractivity contribution in [2.75, 3.05) is 5.32 Å². The monoisotopic (exact) mass is 321 g/mol. The zero-order chi connectivity index (χ0) is 16.5. The number of hydrogen-bond donors (Lipinski definition) is 2. The average Bonchev–Trinajstić information content (AvgIpc) is 2.86. The molecule has 0 bridgehead atoms. The fraction of sp³-hybridized carbons (Fsp3) is 0.267. The first kappa shape index (κ1) is 16.0. The van der Waals surface area contributed by atoms with Crippen LogP contribution in [0.15, 0.2) is 30.6 Å². The predicted octanol–water partition coefficient (Wildman–Crippen LogP) is 2.92. The SMILES string of the molecule is Cc1cc(Cl)cc(C(=O)Nc2cnn(C(C)(C)C(=O)O)c2)c1. The number of carboxylic acids is 1. The van der Waals surface area contributed by atoms with Gasteiger partial charge in [-0.3, -0.25) is 9.48 Å². The Morgan fingerprint density at radius 2 is 2.00 bits per heavy atom. The zero-order valence-corrected chi connectivity index (χ0v) is 13.2. The number of aromatic nitrogens is 2. The molecule has 22 heavy (non-hydrogen) atoms. The van der Waals surface area contributed by atoms with Crippen molar-refractivity contribution in [2.24, 2.45) is 0 Å². The second-order valence-electron chi connectivity index (χ2n) is 5.51. The molecule has 0 radical (unpaired) electrons. The van der Waals surface area contributed by atoms with Gasteiger partial charge in [-0.2, -0.15) is 5.10 Å². The quantitative estimate of drug-likeness (QED) is 0.906. The molecule has 0 fully saturated rings. The van der Waals surface area contributed by atoms with Crippen molar-refractivity contribution in [3.63, 3.8) is 0 Å². The third-order valence-electron chi connectivity index (χ3n) is 3.24. The summed E-state index contributed by atoms with van der Waals surface area (Å²) in [7, 11) is 0. The summed E-state index contributed by atoms with van der Waals surface area (Å²) >= 11 is 5.93. The van der Waals surface area contributed by atoms with Crippen LogP contribution in [0.25, 0.3) is 0 Å². The minimum atomic E-state index is -1.20. The van der Waals surface area contributed by atoms with Crippen molar-refractivity contribution in [3.8, 4) is 0 Å². The van der Waals surface area contributed by atoms with Crippen LogP contribution in [0.4, 0.5) is 5.69 Å². The first-order chi connectivity index (χ1) is 10.2. The Balaban J connectivity index is 2.20. The van der Waals surface area contributed by atoms with Crippen molar-refractivity contribution in [1.82, 2.24) is 9.78 Å². The molecule has 0 aliphatic rings. The number of aliphatic carboxylic acids is 1. The smallest absolute Gasteiger partial charge is 0.331 e. The van der Waals surface area contributed by atoms with E-state index in [-0.39, 0.29) is 5.91 Å². The topological polar surface area (TPSA) is 84.2 Å². The molecule has 0 atom stereocenters. The number of nitrogens with one attached hydrogen (secondary N) is 1. The molecule has 1 aromatic carbocycles. The largest absolute Gasteiger partial charge is 0.479 e. The Hall–Kier alpha value is -2.34. The van der Waals surface area contributed by atoms with E-state index >= 15 is 0 Å². The molecule has 0 spiro atoms. The van der Waals surface area contributed by atoms with Crippen molar-refractivity contribution >= 4 is 29.2 Å². The van der Waals surface area contributed by atoms with Crippen LogP contribution in [0.5, 0.6) is 0 Å². The van der Waals surface area contributed by atoms with Gasteiger partial charge in [0.15, 0.2) is 5.54 Å². The number of benzene rings is 1. The third kappa shape index (κ3) is 3.28. The summed E-state index contributed by atoms with van der Waals surface area (Å²) in [6.45, 7) is 4.89. The first-order valence-corrected chi connectivity index (χ1v) is 6.95. The molecule has 0 aliphatic carbocycles. The van der Waals surface area contributed by atoms with Crippen LogP contribution in [0.3, 0.4) is 0 Å². The number of anilines is 1. The van der Waals surface area contributed by atoms with Gasteiger partial charge in [0.25, 0.3) is 5.91 Å². The standard InChI is InChI=1S/C15H16ClN3O3/c1-9-4-10(6-11(16)5-9)13(20)18-12-7-17-19(8-12)15(2,3)14(21)22/h4-8H,1-3H3,(H,18,20)(H,21,22). The highest BCUT2D eigenvalue weighted by Gasteiger charge is 2.30. The Morgan fingerprint density at radius 3 is 2.59 bits per heavy atom. The van der Waals surface area contributed by atoms with Gasteiger partial charge in [0, 0.05) is 16.8 Å². The minimum absolute atomic E-state index is 0.335. The number of rotatable bonds is 4. The maximum atomic E-state index is 12.2. The van der Waals surface area contributed by atoms with E-state index in [4.69, 9.17) is 16.7 Å². The molecular formula is C15H16ClN3O3. The van der Waals surface area contributed by atoms with Crippen LogP contribution in [0.1, 0.15) is 29.8 Å². The number of hydrogen-bond acceptors (Lipinski definition) is 3. The predicted molar refractivity (Wildman–Crippen MR) is 83.3 cm³/mol. The van der Waals surface area contributed by atoms with Crippen LogP contribution < -0.4 is 5.32 Å². The lowest BCUT2D eigenvalue weighted by molar-refractivity contribution is -0.146. The highest BCUT2D eigenvalue weighted by molar-refractivity contribution is 6.31. The second kappa shape index (κ2) is 5.81. The van der Waals surface area contributed by atoms with Gasteiger partial charge in [-0.15, -0.1) is 0 Å². The molecule has 1 heterocycles. The highest BCUT2D eigenvalue weighted by Crippen LogP contribution is 2.19. The van der Waals surface area contributed by atoms with E-state index in [1.54, 1.807) is 18.2 Å². The zero-order valence-electron chi connectivity index (χ0n) is 12.4. The van der Waals surface area contributed by atoms with E-state index in [2.05, 4.69) is 10.4 Å². The summed E-state index contributed by atoms with van der Waals surface area (Å²) in [5.74, 6) is -1.35. The average molecular weight is 322 g/mol. The lowest BCUT2D eigenvalue weighted by Gasteiger charge is -2.19. The van der Waals surface area contributed by atoms with Crippen LogP contribution in [0.2, 0.25) is 5.02 Å². The van der Waals surface area contributed by atoms with Gasteiger partial charge in [0.1, 0.15) is 0 Å². The van der Waals surface area contributed by atoms with E-state index in [0.29, 0.717) is 16.3 Å². The molecule has 0 saturated carbocycles. The number of carbonyl (C=O) groups is 2. The van der Waals surface area contributed by atoms with Crippen molar-refractivity contribution in [2.45, 2.75) is 26.3 Å². The maximum Gasteiger partial charge on any atom is 0.331 e. The van der Waals surface area contributed by atoms with Crippen molar-refractivity contribution in [1.29, 1.82) is 0 Å². The Morgan fingerprint density at radius 1 is 1.32 bits per heavy atom. The van der Waals surface area contributed by atoms with Crippen molar-refractivity contribution < 1.29 is 14.7 Å². The number of carboxylic acid groups (broad SMARTS) is 1. The molecule has 6 nitrogen and oxygen atoms in total. The second-order valence-corrected chi connectivity index (χ2v) is 5.95. The van der Waals surface area contributed by atoms with Gasteiger partial charge in [0.05, 0.1) is 11.9 Å². The van der Waals surface area contributed by atoms with E-state index in [1.165, 1.54) is 30.9 Å². The molecule has 0 aliphatic heterocycles. The molecule has 2 aromatic rings. The third-order valence-corrected chi connectivity index (χ3v) is 3.46. The van der Waals surface area contributed by atoms with Crippen LogP contribution in [-0.2, 0) is 10.3 Å². The fourth-order valence-corrected chi connectivity index (χ4v) is 2.15. The molecule has 116 valence electrons. The summed E-state index contributed by atoms with van der Waals surface area (Å²) in [6, 6.07) is 5.04. The molecule has 0 unspecified atom stereocenters. The van der Waals surface area contributed by atoms with E-state index in [1.807, 2.05) is 6.92 Å². The fourth-order valence-electron chi connectivity index (χ4n) is 1.86. The van der Waals surface area contributed by atoms with Crippen molar-refractivity contribution in [3.05, 3.63) is 46.7 Å². The van der Waals surface area contributed by atoms with E-state index in [9.17, 15) is 9.59 Å². The normalized spacial score (nSPS) is 11.3. The Labute approximate surface area is 132 Å². The maximum absolute atomic E-state index is 12.2. The van der Waals surface area contributed by atoms with Gasteiger partial charge in [0.2, 0.25) is 0 Å². The number of aryl methyl sites for hydroxylation is 1. The molecule has 1 aromatic heterocycles. The molecule has 0 saturated heterocycles. The van der Waals surface area contributed by atoms with Crippen LogP contribution in [0, 0.1) is 6.92 Å². The van der Waals surface area contributed by atoms with Crippen LogP contribution in [-0.4, -0.2) is 26.8 Å². The number of nitrogens with zero attached hydrogens (tertiary/aromatic N) is 2. The number of carbonyl (C=O) groups excluding carboxylic acids is 1. The number of amides is 1. The molecule has 2 rings (SSSR count). The Kier molecular flexibility index (Phi) is 4.23. The molecule has 7 heteroatoms. The van der Waals surface area contributed by atoms with E-state index < -0.39 is 11.5 Å². The summed E-state index contributed by atoms with van der Waals surface area (Å²) in [5.41, 5.74) is 0.517. The Bertz CT molecular complexity index is 717. The first-order valence-electron chi connectivity index (χ1n) is 6.57. The van der Waals surface area contributed by atoms with Gasteiger partial charge in [-0.1, -0.05) is 11.6 Å². The summed E-state index contributed by atoms with van der Waals surface area (Å²) in [4.78, 5) is 23.4. The number of halogens is 1. The summed E-state index contributed by atoms with van der Waals surface area (Å²) < 4.78 is 1.29. The van der Waals surface area contributed by atoms with E-state index in [0.717, 1.165) is 5.56 Å². The molecule has 2 N–H and O–H groups in total. The van der Waals surface area contributed by atoms with Gasteiger partial charge >= 0.3 is 5.97 Å². The lowest BCUT2D eigenvalue weighted by atomic mass is 10.1. The van der Waals surface area contributed by atoms with Crippen LogP contribution >= 0.6 is 11.6 Å². The minimum Gasteiger partial charge on any atom is -0.479 e. The van der Waals surface area contributed by atoms with Gasteiger partial charge in [-0.25, -0.2) is 4.79 Å². The molecule has 1 amide bonds. The van der Waals surface area contributed by atoms with Gasteiger partial charge in [-0.05, 0) is 44.5 Å². The van der Waals surface area contributed by atoms with Gasteiger partial charge < -0.3 is 10.4 Å². The summed E-state index contributed by atoms with van der Waals surface area (Å²) in [5, 5.41) is 16.3. The lowest BCUT2D eigenvalue weighted by Crippen LogP contribution is -2.35. The molecular weight excluding hydrogens is 306 g/mol. The highest BCUT2D eigenvalue weighted by atomic mass is 35.5. The summed E-state index contributed by atoms with van der Waals surface area (Å²) in [6.07, 6.45) is 2.88.